The van der Waals surface area contributed by atoms with E-state index in [0.717, 1.165) is 62.8 Å². The molecule has 168 valence electrons. The minimum atomic E-state index is -0.283. The molecule has 0 spiro atoms. The number of benzene rings is 1. The highest BCUT2D eigenvalue weighted by atomic mass is 16.5. The van der Waals surface area contributed by atoms with Crippen LogP contribution in [0.3, 0.4) is 0 Å². The average Bonchev–Trinajstić information content (AvgIpc) is 3.40. The smallest absolute Gasteiger partial charge is 0.249 e. The third-order valence-electron chi connectivity index (χ3n) is 6.53. The van der Waals surface area contributed by atoms with Gasteiger partial charge >= 0.3 is 0 Å². The minimum Gasteiger partial charge on any atom is -0.496 e. The van der Waals surface area contributed by atoms with Crippen LogP contribution in [-0.4, -0.2) is 65.0 Å². The number of hydrogen-bond acceptors (Lipinski definition) is 6. The molecule has 4 rings (SSSR count). The molecule has 1 saturated heterocycles. The molecule has 1 N–H and O–H groups in total. The predicted octanol–water partition coefficient (Wildman–Crippen LogP) is 1.80. The molecule has 2 aromatic rings. The summed E-state index contributed by atoms with van der Waals surface area (Å²) in [7, 11) is 1.72. The summed E-state index contributed by atoms with van der Waals surface area (Å²) in [5.41, 5.74) is 3.85. The maximum absolute atomic E-state index is 12.1. The van der Waals surface area contributed by atoms with Crippen LogP contribution in [0.5, 0.6) is 5.75 Å². The maximum atomic E-state index is 12.1. The van der Waals surface area contributed by atoms with Crippen LogP contribution in [0.15, 0.2) is 12.1 Å². The Kier molecular flexibility index (Phi) is 6.87. The third-order valence-corrected chi connectivity index (χ3v) is 6.53. The fourth-order valence-corrected chi connectivity index (χ4v) is 4.45. The van der Waals surface area contributed by atoms with Gasteiger partial charge < -0.3 is 19.4 Å². The van der Waals surface area contributed by atoms with Gasteiger partial charge in [-0.2, -0.15) is 0 Å². The number of ether oxygens (including phenoxy) is 2. The van der Waals surface area contributed by atoms with Crippen molar-refractivity contribution in [2.24, 2.45) is 0 Å². The molecule has 31 heavy (non-hydrogen) atoms. The van der Waals surface area contributed by atoms with Crippen LogP contribution < -0.4 is 10.1 Å². The quantitative estimate of drug-likeness (QED) is 0.726. The van der Waals surface area contributed by atoms with E-state index in [-0.39, 0.29) is 12.0 Å². The molecule has 1 fully saturated rings. The summed E-state index contributed by atoms with van der Waals surface area (Å²) >= 11 is 0. The van der Waals surface area contributed by atoms with E-state index in [1.807, 2.05) is 0 Å². The summed E-state index contributed by atoms with van der Waals surface area (Å²) in [6.45, 7) is 9.22. The highest BCUT2D eigenvalue weighted by Crippen LogP contribution is 2.25. The number of rotatable bonds is 7. The first-order chi connectivity index (χ1) is 15.1. The van der Waals surface area contributed by atoms with E-state index in [0.29, 0.717) is 19.6 Å². The van der Waals surface area contributed by atoms with E-state index < -0.39 is 0 Å². The molecule has 2 aliphatic rings. The Balaban J connectivity index is 1.33. The summed E-state index contributed by atoms with van der Waals surface area (Å²) in [5, 5.41) is 11.8. The number of carbonyl (C=O) groups excluding carboxylic acids is 1. The SMILES string of the molecule is COc1ccc(CN2CCc3nnc(CCNC(=O)[C@H]4CCCO4)n3CC2)c(C)c1C. The van der Waals surface area contributed by atoms with Crippen LogP contribution in [0.1, 0.15) is 41.2 Å². The minimum absolute atomic E-state index is 0.00978. The first-order valence-electron chi connectivity index (χ1n) is 11.2. The van der Waals surface area contributed by atoms with E-state index in [1.165, 1.54) is 16.7 Å². The number of aromatic nitrogens is 3. The van der Waals surface area contributed by atoms with Gasteiger partial charge in [-0.1, -0.05) is 6.07 Å². The van der Waals surface area contributed by atoms with Crippen LogP contribution in [-0.2, 0) is 35.5 Å². The van der Waals surface area contributed by atoms with Crippen LogP contribution in [0, 0.1) is 13.8 Å². The van der Waals surface area contributed by atoms with Crippen molar-refractivity contribution in [3.8, 4) is 5.75 Å². The van der Waals surface area contributed by atoms with Crippen molar-refractivity contribution in [2.75, 3.05) is 33.4 Å². The van der Waals surface area contributed by atoms with Gasteiger partial charge in [0.2, 0.25) is 5.91 Å². The highest BCUT2D eigenvalue weighted by molar-refractivity contribution is 5.80. The van der Waals surface area contributed by atoms with Crippen LogP contribution in [0.4, 0.5) is 0 Å². The van der Waals surface area contributed by atoms with Crippen molar-refractivity contribution in [1.82, 2.24) is 25.0 Å². The normalized spacial score (nSPS) is 19.1. The standard InChI is InChI=1S/C23H33N5O3/c1-16-17(2)19(30-3)7-6-18(16)15-27-11-9-22-26-25-21(28(22)13-12-27)8-10-24-23(29)20-5-4-14-31-20/h6-7,20H,4-5,8-15H2,1-3H3,(H,24,29)/t20-/m1/s1. The van der Waals surface area contributed by atoms with Gasteiger partial charge in [0.15, 0.2) is 0 Å². The maximum Gasteiger partial charge on any atom is 0.249 e. The summed E-state index contributed by atoms with van der Waals surface area (Å²) in [5.74, 6) is 2.91. The lowest BCUT2D eigenvalue weighted by Gasteiger charge is -2.22. The molecule has 0 bridgehead atoms. The number of fused-ring (bicyclic) bond motifs is 1. The second-order valence-electron chi connectivity index (χ2n) is 8.43. The number of methoxy groups -OCH3 is 1. The van der Waals surface area contributed by atoms with Gasteiger partial charge in [-0.3, -0.25) is 9.69 Å². The first kappa shape index (κ1) is 21.8. The molecule has 0 aliphatic carbocycles. The topological polar surface area (TPSA) is 81.5 Å². The Hall–Kier alpha value is -2.45. The van der Waals surface area contributed by atoms with Crippen molar-refractivity contribution >= 4 is 5.91 Å². The number of nitrogens with zero attached hydrogens (tertiary/aromatic N) is 4. The Bertz CT molecular complexity index is 920. The zero-order chi connectivity index (χ0) is 21.8. The lowest BCUT2D eigenvalue weighted by molar-refractivity contribution is -0.130. The van der Waals surface area contributed by atoms with E-state index in [2.05, 4.69) is 51.0 Å². The average molecular weight is 428 g/mol. The second kappa shape index (κ2) is 9.78. The monoisotopic (exact) mass is 427 g/mol. The molecule has 0 unspecified atom stereocenters. The molecule has 8 nitrogen and oxygen atoms in total. The van der Waals surface area contributed by atoms with Gasteiger partial charge in [0.25, 0.3) is 0 Å². The van der Waals surface area contributed by atoms with Gasteiger partial charge in [-0.05, 0) is 49.4 Å². The molecule has 3 heterocycles. The second-order valence-corrected chi connectivity index (χ2v) is 8.43. The van der Waals surface area contributed by atoms with Crippen LogP contribution >= 0.6 is 0 Å². The van der Waals surface area contributed by atoms with Gasteiger partial charge in [0.1, 0.15) is 23.5 Å². The van der Waals surface area contributed by atoms with Crippen molar-refractivity contribution in [3.63, 3.8) is 0 Å². The van der Waals surface area contributed by atoms with Crippen molar-refractivity contribution < 1.29 is 14.3 Å². The van der Waals surface area contributed by atoms with Crippen molar-refractivity contribution in [1.29, 1.82) is 0 Å². The zero-order valence-corrected chi connectivity index (χ0v) is 18.8. The van der Waals surface area contributed by atoms with Gasteiger partial charge in [0, 0.05) is 52.2 Å². The number of nitrogens with one attached hydrogen (secondary N) is 1. The molecular weight excluding hydrogens is 394 g/mol. The third kappa shape index (κ3) is 4.91. The molecule has 1 amide bonds. The molecule has 1 atom stereocenters. The zero-order valence-electron chi connectivity index (χ0n) is 18.8. The molecule has 1 aromatic carbocycles. The van der Waals surface area contributed by atoms with Crippen LogP contribution in [0.25, 0.3) is 0 Å². The molecule has 1 aromatic heterocycles. The van der Waals surface area contributed by atoms with E-state index in [1.54, 1.807) is 7.11 Å². The number of amides is 1. The largest absolute Gasteiger partial charge is 0.496 e. The fraction of sp³-hybridized carbons (Fsp3) is 0.609. The Morgan fingerprint density at radius 3 is 2.87 bits per heavy atom. The van der Waals surface area contributed by atoms with Crippen molar-refractivity contribution in [3.05, 3.63) is 40.5 Å². The van der Waals surface area contributed by atoms with Crippen molar-refractivity contribution in [2.45, 2.75) is 58.7 Å². The lowest BCUT2D eigenvalue weighted by atomic mass is 10.0. The molecule has 8 heteroatoms. The van der Waals surface area contributed by atoms with Gasteiger partial charge in [-0.25, -0.2) is 0 Å². The van der Waals surface area contributed by atoms with Gasteiger partial charge in [0.05, 0.1) is 7.11 Å². The van der Waals surface area contributed by atoms with Crippen LogP contribution in [0.2, 0.25) is 0 Å². The lowest BCUT2D eigenvalue weighted by Crippen LogP contribution is -2.35. The Morgan fingerprint density at radius 2 is 2.10 bits per heavy atom. The molecule has 0 saturated carbocycles. The van der Waals surface area contributed by atoms with E-state index >= 15 is 0 Å². The number of hydrogen-bond donors (Lipinski definition) is 1. The molecular formula is C23H33N5O3. The Labute approximate surface area is 183 Å². The number of carbonyl (C=O) groups is 1. The van der Waals surface area contributed by atoms with Gasteiger partial charge in [-0.15, -0.1) is 10.2 Å². The molecule has 2 aliphatic heterocycles. The fourth-order valence-electron chi connectivity index (χ4n) is 4.45. The highest BCUT2D eigenvalue weighted by Gasteiger charge is 2.24. The van der Waals surface area contributed by atoms with E-state index in [9.17, 15) is 4.79 Å². The summed E-state index contributed by atoms with van der Waals surface area (Å²) in [4.78, 5) is 14.6. The summed E-state index contributed by atoms with van der Waals surface area (Å²) in [6.07, 6.45) is 3.05. The predicted molar refractivity (Wildman–Crippen MR) is 117 cm³/mol. The molecule has 0 radical (unpaired) electrons. The first-order valence-corrected chi connectivity index (χ1v) is 11.2. The summed E-state index contributed by atoms with van der Waals surface area (Å²) in [6, 6.07) is 4.24. The Morgan fingerprint density at radius 1 is 1.23 bits per heavy atom. The van der Waals surface area contributed by atoms with E-state index in [4.69, 9.17) is 9.47 Å². The summed E-state index contributed by atoms with van der Waals surface area (Å²) < 4.78 is 13.1.